The van der Waals surface area contributed by atoms with Gasteiger partial charge in [0.15, 0.2) is 0 Å². The third-order valence-corrected chi connectivity index (χ3v) is 5.46. The number of piperidine rings is 1. The first-order valence-corrected chi connectivity index (χ1v) is 9.17. The molecule has 0 amide bonds. The highest BCUT2D eigenvalue weighted by molar-refractivity contribution is 5.89. The van der Waals surface area contributed by atoms with E-state index in [0.717, 1.165) is 36.0 Å². The average Bonchev–Trinajstić information content (AvgIpc) is 2.64. The number of para-hydroxylation sites is 1. The number of hydrogen-bond donors (Lipinski definition) is 1. The average molecular weight is 366 g/mol. The summed E-state index contributed by atoms with van der Waals surface area (Å²) in [5.74, 6) is -0.832. The van der Waals surface area contributed by atoms with Crippen LogP contribution in [0.1, 0.15) is 45.5 Å². The van der Waals surface area contributed by atoms with Crippen LogP contribution in [0, 0.1) is 36.9 Å². The molecule has 1 aliphatic rings. The van der Waals surface area contributed by atoms with E-state index in [2.05, 4.69) is 6.07 Å². The predicted molar refractivity (Wildman–Crippen MR) is 103 cm³/mol. The molecule has 0 radical (unpaired) electrons. The molecule has 27 heavy (non-hydrogen) atoms. The normalized spacial score (nSPS) is 14.8. The number of rotatable bonds is 4. The van der Waals surface area contributed by atoms with Gasteiger partial charge in [0.25, 0.3) is 0 Å². The minimum absolute atomic E-state index is 0.354. The first-order chi connectivity index (χ1) is 12.9. The standard InChI is InChI=1S/C22H23FN2O2/c1-14-10-15(2)19(22(26)27)12-18(14)11-16-6-8-25(9-7-16)21-17(13-24)4-3-5-20(21)23/h3-5,10,12,16H,6-9,11H2,1-2H3,(H,26,27). The van der Waals surface area contributed by atoms with E-state index in [1.807, 2.05) is 24.8 Å². The summed E-state index contributed by atoms with van der Waals surface area (Å²) >= 11 is 0. The number of carbonyl (C=O) groups is 1. The minimum Gasteiger partial charge on any atom is -0.478 e. The summed E-state index contributed by atoms with van der Waals surface area (Å²) < 4.78 is 14.2. The molecular weight excluding hydrogens is 343 g/mol. The maximum atomic E-state index is 14.2. The van der Waals surface area contributed by atoms with Gasteiger partial charge in [-0.2, -0.15) is 5.26 Å². The van der Waals surface area contributed by atoms with Gasteiger partial charge < -0.3 is 10.0 Å². The number of nitriles is 1. The molecular formula is C22H23FN2O2. The molecule has 1 N–H and O–H groups in total. The second-order valence-electron chi connectivity index (χ2n) is 7.28. The first-order valence-electron chi connectivity index (χ1n) is 9.17. The first kappa shape index (κ1) is 18.9. The number of halogens is 1. The molecule has 0 unspecified atom stereocenters. The molecule has 1 aliphatic heterocycles. The van der Waals surface area contributed by atoms with Gasteiger partial charge in [-0.3, -0.25) is 0 Å². The van der Waals surface area contributed by atoms with Crippen LogP contribution in [0.2, 0.25) is 0 Å². The highest BCUT2D eigenvalue weighted by Gasteiger charge is 2.24. The van der Waals surface area contributed by atoms with E-state index in [-0.39, 0.29) is 5.82 Å². The Labute approximate surface area is 158 Å². The maximum absolute atomic E-state index is 14.2. The molecule has 0 spiro atoms. The highest BCUT2D eigenvalue weighted by atomic mass is 19.1. The predicted octanol–water partition coefficient (Wildman–Crippen LogP) is 4.47. The SMILES string of the molecule is Cc1cc(C)c(C(=O)O)cc1CC1CCN(c2c(F)cccc2C#N)CC1. The lowest BCUT2D eigenvalue weighted by molar-refractivity contribution is 0.0696. The summed E-state index contributed by atoms with van der Waals surface area (Å²) in [7, 11) is 0. The lowest BCUT2D eigenvalue weighted by Gasteiger charge is -2.34. The van der Waals surface area contributed by atoms with Crippen LogP contribution >= 0.6 is 0 Å². The number of hydrogen-bond acceptors (Lipinski definition) is 3. The molecule has 1 fully saturated rings. The quantitative estimate of drug-likeness (QED) is 0.867. The molecule has 0 saturated carbocycles. The number of nitrogens with zero attached hydrogens (tertiary/aromatic N) is 2. The molecule has 0 aromatic heterocycles. The van der Waals surface area contributed by atoms with Crippen molar-refractivity contribution in [3.8, 4) is 6.07 Å². The highest BCUT2D eigenvalue weighted by Crippen LogP contribution is 2.31. The molecule has 2 aromatic rings. The van der Waals surface area contributed by atoms with Gasteiger partial charge in [0, 0.05) is 13.1 Å². The number of carboxylic acid groups (broad SMARTS) is 1. The Balaban J connectivity index is 1.72. The van der Waals surface area contributed by atoms with Gasteiger partial charge >= 0.3 is 5.97 Å². The molecule has 0 aliphatic carbocycles. The van der Waals surface area contributed by atoms with Gasteiger partial charge in [0.2, 0.25) is 0 Å². The van der Waals surface area contributed by atoms with Crippen LogP contribution in [0.5, 0.6) is 0 Å². The van der Waals surface area contributed by atoms with Gasteiger partial charge in [-0.1, -0.05) is 12.1 Å². The molecule has 1 saturated heterocycles. The van der Waals surface area contributed by atoms with Crippen molar-refractivity contribution >= 4 is 11.7 Å². The molecule has 0 bridgehead atoms. The van der Waals surface area contributed by atoms with Crippen LogP contribution in [0.25, 0.3) is 0 Å². The van der Waals surface area contributed by atoms with E-state index in [0.29, 0.717) is 35.8 Å². The Morgan fingerprint density at radius 2 is 1.96 bits per heavy atom. The Morgan fingerprint density at radius 3 is 2.59 bits per heavy atom. The molecule has 5 heteroatoms. The topological polar surface area (TPSA) is 64.3 Å². The number of aryl methyl sites for hydroxylation is 2. The Bertz CT molecular complexity index is 909. The largest absolute Gasteiger partial charge is 0.478 e. The van der Waals surface area contributed by atoms with E-state index >= 15 is 0 Å². The number of benzene rings is 2. The molecule has 3 rings (SSSR count). The number of aromatic carboxylic acids is 1. The Morgan fingerprint density at radius 1 is 1.26 bits per heavy atom. The van der Waals surface area contributed by atoms with Crippen molar-refractivity contribution in [1.29, 1.82) is 5.26 Å². The lowest BCUT2D eigenvalue weighted by atomic mass is 9.87. The zero-order valence-corrected chi connectivity index (χ0v) is 15.6. The van der Waals surface area contributed by atoms with E-state index in [4.69, 9.17) is 0 Å². The number of carboxylic acids is 1. The van der Waals surface area contributed by atoms with Gasteiger partial charge in [-0.25, -0.2) is 9.18 Å². The Kier molecular flexibility index (Phi) is 5.46. The van der Waals surface area contributed by atoms with Crippen molar-refractivity contribution in [2.24, 2.45) is 5.92 Å². The second-order valence-corrected chi connectivity index (χ2v) is 7.28. The zero-order chi connectivity index (χ0) is 19.6. The van der Waals surface area contributed by atoms with E-state index in [1.54, 1.807) is 18.2 Å². The third kappa shape index (κ3) is 3.95. The van der Waals surface area contributed by atoms with Crippen LogP contribution in [-0.4, -0.2) is 24.2 Å². The summed E-state index contributed by atoms with van der Waals surface area (Å²) in [6, 6.07) is 10.4. The minimum atomic E-state index is -0.896. The van der Waals surface area contributed by atoms with Crippen molar-refractivity contribution in [1.82, 2.24) is 0 Å². The van der Waals surface area contributed by atoms with E-state index < -0.39 is 5.97 Å². The second kappa shape index (κ2) is 7.79. The summed E-state index contributed by atoms with van der Waals surface area (Å²) in [5, 5.41) is 18.6. The lowest BCUT2D eigenvalue weighted by Crippen LogP contribution is -2.35. The van der Waals surface area contributed by atoms with Gasteiger partial charge in [-0.15, -0.1) is 0 Å². The van der Waals surface area contributed by atoms with Gasteiger partial charge in [-0.05, 0) is 73.9 Å². The molecule has 0 atom stereocenters. The van der Waals surface area contributed by atoms with Crippen molar-refractivity contribution in [3.63, 3.8) is 0 Å². The third-order valence-electron chi connectivity index (χ3n) is 5.46. The van der Waals surface area contributed by atoms with Crippen molar-refractivity contribution < 1.29 is 14.3 Å². The maximum Gasteiger partial charge on any atom is 0.335 e. The summed E-state index contributed by atoms with van der Waals surface area (Å²) in [4.78, 5) is 13.4. The number of anilines is 1. The molecule has 140 valence electrons. The summed E-state index contributed by atoms with van der Waals surface area (Å²) in [6.07, 6.45) is 2.59. The van der Waals surface area contributed by atoms with Crippen molar-refractivity contribution in [2.75, 3.05) is 18.0 Å². The molecule has 4 nitrogen and oxygen atoms in total. The van der Waals surface area contributed by atoms with Crippen molar-refractivity contribution in [2.45, 2.75) is 33.1 Å². The van der Waals surface area contributed by atoms with Crippen LogP contribution in [0.3, 0.4) is 0 Å². The zero-order valence-electron chi connectivity index (χ0n) is 15.6. The fraction of sp³-hybridized carbons (Fsp3) is 0.364. The summed E-state index contributed by atoms with van der Waals surface area (Å²) in [6.45, 7) is 5.22. The smallest absolute Gasteiger partial charge is 0.335 e. The Hall–Kier alpha value is -2.87. The van der Waals surface area contributed by atoms with E-state index in [9.17, 15) is 19.6 Å². The van der Waals surface area contributed by atoms with Crippen LogP contribution in [0.15, 0.2) is 30.3 Å². The fourth-order valence-corrected chi connectivity index (χ4v) is 3.95. The van der Waals surface area contributed by atoms with Crippen LogP contribution < -0.4 is 4.90 Å². The molecule has 2 aromatic carbocycles. The van der Waals surface area contributed by atoms with Gasteiger partial charge in [0.05, 0.1) is 16.8 Å². The van der Waals surface area contributed by atoms with Crippen LogP contribution in [0.4, 0.5) is 10.1 Å². The molecule has 1 heterocycles. The monoisotopic (exact) mass is 366 g/mol. The summed E-state index contributed by atoms with van der Waals surface area (Å²) in [5.41, 5.74) is 4.09. The van der Waals surface area contributed by atoms with Crippen molar-refractivity contribution in [3.05, 3.63) is 64.0 Å². The van der Waals surface area contributed by atoms with E-state index in [1.165, 1.54) is 6.07 Å². The van der Waals surface area contributed by atoms with Crippen LogP contribution in [-0.2, 0) is 6.42 Å². The fourth-order valence-electron chi connectivity index (χ4n) is 3.95. The van der Waals surface area contributed by atoms with Gasteiger partial charge in [0.1, 0.15) is 11.9 Å².